The average molecular weight is 223 g/mol. The Morgan fingerprint density at radius 3 is 2.81 bits per heavy atom. The number of aliphatic hydroxyl groups is 1. The Morgan fingerprint density at radius 1 is 1.50 bits per heavy atom. The molecule has 0 aliphatic rings. The topological polar surface area (TPSA) is 48.4 Å². The molecule has 0 saturated carbocycles. The molecule has 0 aliphatic heterocycles. The Bertz CT molecular complexity index is 315. The Kier molecular flexibility index (Phi) is 5.05. The average Bonchev–Trinajstić information content (AvgIpc) is 2.29. The minimum atomic E-state index is 0.229. The molecule has 0 unspecified atom stereocenters. The van der Waals surface area contributed by atoms with Crippen molar-refractivity contribution in [3.05, 3.63) is 18.3 Å². The summed E-state index contributed by atoms with van der Waals surface area (Å²) in [6.45, 7) is 5.39. The molecule has 2 N–H and O–H groups in total. The van der Waals surface area contributed by atoms with Gasteiger partial charge in [-0.2, -0.15) is 0 Å². The first-order valence-corrected chi connectivity index (χ1v) is 5.70. The molecule has 0 fully saturated rings. The molecule has 1 aromatic heterocycles. The van der Waals surface area contributed by atoms with Crippen LogP contribution in [0.5, 0.6) is 0 Å². The van der Waals surface area contributed by atoms with Crippen molar-refractivity contribution in [3.63, 3.8) is 0 Å². The van der Waals surface area contributed by atoms with E-state index in [1.165, 1.54) is 0 Å². The highest BCUT2D eigenvalue weighted by Gasteiger charge is 2.10. The number of anilines is 2. The molecular formula is C12H21N3O. The normalized spacial score (nSPS) is 10.6. The highest BCUT2D eigenvalue weighted by atomic mass is 16.3. The lowest BCUT2D eigenvalue weighted by atomic mass is 10.2. The summed E-state index contributed by atoms with van der Waals surface area (Å²) in [7, 11) is 1.86. The van der Waals surface area contributed by atoms with Gasteiger partial charge < -0.3 is 15.3 Å². The van der Waals surface area contributed by atoms with Gasteiger partial charge >= 0.3 is 0 Å². The van der Waals surface area contributed by atoms with E-state index in [4.69, 9.17) is 5.11 Å². The number of hydrogen-bond donors (Lipinski definition) is 2. The predicted octanol–water partition coefficient (Wildman–Crippen LogP) is 1.72. The van der Waals surface area contributed by atoms with E-state index < -0.39 is 0 Å². The van der Waals surface area contributed by atoms with Crippen LogP contribution in [-0.4, -0.2) is 36.3 Å². The van der Waals surface area contributed by atoms with Crippen LogP contribution in [0.25, 0.3) is 0 Å². The summed E-state index contributed by atoms with van der Waals surface area (Å²) < 4.78 is 0. The quantitative estimate of drug-likeness (QED) is 0.771. The third kappa shape index (κ3) is 3.38. The number of aliphatic hydroxyl groups excluding tert-OH is 1. The fraction of sp³-hybridized carbons (Fsp3) is 0.583. The van der Waals surface area contributed by atoms with Crippen LogP contribution in [0.1, 0.15) is 20.3 Å². The molecule has 0 aromatic carbocycles. The molecule has 0 amide bonds. The fourth-order valence-electron chi connectivity index (χ4n) is 1.66. The zero-order valence-electron chi connectivity index (χ0n) is 10.3. The van der Waals surface area contributed by atoms with Crippen LogP contribution in [0.4, 0.5) is 11.5 Å². The van der Waals surface area contributed by atoms with Gasteiger partial charge in [0.05, 0.1) is 0 Å². The smallest absolute Gasteiger partial charge is 0.127 e. The van der Waals surface area contributed by atoms with Crippen LogP contribution in [0.15, 0.2) is 18.3 Å². The highest BCUT2D eigenvalue weighted by molar-refractivity contribution is 5.54. The molecule has 16 heavy (non-hydrogen) atoms. The van der Waals surface area contributed by atoms with Gasteiger partial charge in [0.1, 0.15) is 5.82 Å². The molecule has 4 nitrogen and oxygen atoms in total. The molecule has 0 aliphatic carbocycles. The van der Waals surface area contributed by atoms with Gasteiger partial charge in [-0.15, -0.1) is 0 Å². The lowest BCUT2D eigenvalue weighted by Gasteiger charge is -2.29. The Labute approximate surface area is 97.3 Å². The second-order valence-corrected chi connectivity index (χ2v) is 4.01. The van der Waals surface area contributed by atoms with Gasteiger partial charge in [0.2, 0.25) is 0 Å². The van der Waals surface area contributed by atoms with Gasteiger partial charge in [-0.3, -0.25) is 0 Å². The third-order valence-electron chi connectivity index (χ3n) is 2.51. The summed E-state index contributed by atoms with van der Waals surface area (Å²) in [5.74, 6) is 0.868. The molecule has 4 heteroatoms. The number of nitrogens with zero attached hydrogens (tertiary/aromatic N) is 2. The van der Waals surface area contributed by atoms with Crippen LogP contribution in [-0.2, 0) is 0 Å². The van der Waals surface area contributed by atoms with Crippen molar-refractivity contribution in [1.82, 2.24) is 4.98 Å². The van der Waals surface area contributed by atoms with Crippen molar-refractivity contribution in [2.24, 2.45) is 0 Å². The van der Waals surface area contributed by atoms with Gasteiger partial charge in [-0.1, -0.05) is 0 Å². The number of nitrogens with one attached hydrogen (secondary N) is 1. The maximum Gasteiger partial charge on any atom is 0.127 e. The van der Waals surface area contributed by atoms with E-state index in [2.05, 4.69) is 29.0 Å². The van der Waals surface area contributed by atoms with Crippen molar-refractivity contribution in [2.45, 2.75) is 26.3 Å². The van der Waals surface area contributed by atoms with Gasteiger partial charge in [-0.25, -0.2) is 4.98 Å². The van der Waals surface area contributed by atoms with E-state index >= 15 is 0 Å². The van der Waals surface area contributed by atoms with E-state index in [-0.39, 0.29) is 6.61 Å². The summed E-state index contributed by atoms with van der Waals surface area (Å²) in [6, 6.07) is 4.44. The first-order valence-electron chi connectivity index (χ1n) is 5.70. The number of aromatic nitrogens is 1. The third-order valence-corrected chi connectivity index (χ3v) is 2.51. The van der Waals surface area contributed by atoms with Crippen LogP contribution in [0, 0.1) is 0 Å². The summed E-state index contributed by atoms with van der Waals surface area (Å²) in [5, 5.41) is 11.9. The largest absolute Gasteiger partial charge is 0.396 e. The SMILES string of the molecule is CNc1cc(N(CCCO)C(C)C)ccn1. The van der Waals surface area contributed by atoms with Crippen LogP contribution in [0.2, 0.25) is 0 Å². The lowest BCUT2D eigenvalue weighted by molar-refractivity contribution is 0.288. The van der Waals surface area contributed by atoms with E-state index in [1.54, 1.807) is 6.20 Å². The number of pyridine rings is 1. The molecule has 90 valence electrons. The standard InChI is InChI=1S/C12H21N3O/c1-10(2)15(7-4-8-16)11-5-6-14-12(9-11)13-3/h5-6,9-10,16H,4,7-8H2,1-3H3,(H,13,14). The zero-order valence-corrected chi connectivity index (χ0v) is 10.3. The van der Waals surface area contributed by atoms with Crippen molar-refractivity contribution in [3.8, 4) is 0 Å². The molecule has 1 rings (SSSR count). The Hall–Kier alpha value is -1.29. The van der Waals surface area contributed by atoms with E-state index in [0.717, 1.165) is 24.5 Å². The minimum Gasteiger partial charge on any atom is -0.396 e. The maximum absolute atomic E-state index is 8.89. The molecule has 0 radical (unpaired) electrons. The lowest BCUT2D eigenvalue weighted by Crippen LogP contribution is -2.32. The molecule has 0 atom stereocenters. The van der Waals surface area contributed by atoms with Gasteiger partial charge in [0.25, 0.3) is 0 Å². The molecule has 0 bridgehead atoms. The number of rotatable bonds is 6. The second-order valence-electron chi connectivity index (χ2n) is 4.01. The predicted molar refractivity (Wildman–Crippen MR) is 68.0 cm³/mol. The monoisotopic (exact) mass is 223 g/mol. The van der Waals surface area contributed by atoms with E-state index in [0.29, 0.717) is 6.04 Å². The summed E-state index contributed by atoms with van der Waals surface area (Å²) in [5.41, 5.74) is 1.14. The summed E-state index contributed by atoms with van der Waals surface area (Å²) >= 11 is 0. The minimum absolute atomic E-state index is 0.229. The molecule has 0 saturated heterocycles. The molecule has 1 aromatic rings. The molecule has 0 spiro atoms. The first-order chi connectivity index (χ1) is 7.69. The Balaban J connectivity index is 2.82. The van der Waals surface area contributed by atoms with Crippen molar-refractivity contribution >= 4 is 11.5 Å². The van der Waals surface area contributed by atoms with Crippen molar-refractivity contribution in [2.75, 3.05) is 30.4 Å². The summed E-state index contributed by atoms with van der Waals surface area (Å²) in [6.07, 6.45) is 2.59. The van der Waals surface area contributed by atoms with E-state index in [9.17, 15) is 0 Å². The van der Waals surface area contributed by atoms with Gasteiger partial charge in [0.15, 0.2) is 0 Å². The molecule has 1 heterocycles. The van der Waals surface area contributed by atoms with Gasteiger partial charge in [0, 0.05) is 44.2 Å². The zero-order chi connectivity index (χ0) is 12.0. The first kappa shape index (κ1) is 12.8. The Morgan fingerprint density at radius 2 is 2.25 bits per heavy atom. The maximum atomic E-state index is 8.89. The highest BCUT2D eigenvalue weighted by Crippen LogP contribution is 2.19. The summed E-state index contributed by atoms with van der Waals surface area (Å²) in [4.78, 5) is 6.46. The fourth-order valence-corrected chi connectivity index (χ4v) is 1.66. The molecular weight excluding hydrogens is 202 g/mol. The van der Waals surface area contributed by atoms with Crippen LogP contribution < -0.4 is 10.2 Å². The van der Waals surface area contributed by atoms with E-state index in [1.807, 2.05) is 19.2 Å². The van der Waals surface area contributed by atoms with Gasteiger partial charge in [-0.05, 0) is 26.3 Å². The van der Waals surface area contributed by atoms with Crippen LogP contribution in [0.3, 0.4) is 0 Å². The second kappa shape index (κ2) is 6.33. The van der Waals surface area contributed by atoms with Crippen LogP contribution >= 0.6 is 0 Å². The van der Waals surface area contributed by atoms with Crippen molar-refractivity contribution in [1.29, 1.82) is 0 Å². The van der Waals surface area contributed by atoms with Crippen molar-refractivity contribution < 1.29 is 5.11 Å². The number of hydrogen-bond acceptors (Lipinski definition) is 4.